The highest BCUT2D eigenvalue weighted by Crippen LogP contribution is 2.51. The van der Waals surface area contributed by atoms with Crippen molar-refractivity contribution in [1.82, 2.24) is 10.2 Å². The lowest BCUT2D eigenvalue weighted by atomic mass is 9.52. The highest BCUT2D eigenvalue weighted by atomic mass is 16.3. The van der Waals surface area contributed by atoms with Crippen molar-refractivity contribution in [3.63, 3.8) is 0 Å². The van der Waals surface area contributed by atoms with Crippen LogP contribution in [0.5, 0.6) is 5.75 Å². The van der Waals surface area contributed by atoms with Crippen LogP contribution in [0.1, 0.15) is 60.2 Å². The van der Waals surface area contributed by atoms with Crippen molar-refractivity contribution in [3.8, 4) is 17.1 Å². The van der Waals surface area contributed by atoms with Gasteiger partial charge in [0.25, 0.3) is 0 Å². The average Bonchev–Trinajstić information content (AvgIpc) is 3.43. The van der Waals surface area contributed by atoms with Gasteiger partial charge in [-0.15, -0.1) is 0 Å². The summed E-state index contributed by atoms with van der Waals surface area (Å²) in [5.41, 5.74) is 3.69. The molecule has 228 valence electrons. The smallest absolute Gasteiger partial charge is 0.235 e. The van der Waals surface area contributed by atoms with E-state index in [2.05, 4.69) is 5.32 Å². The predicted molar refractivity (Wildman–Crippen MR) is 153 cm³/mol. The number of fused-ring (bicyclic) bond motifs is 3. The number of nitrogens with zero attached hydrogens (tertiary/aromatic N) is 1. The number of amides is 1. The largest absolute Gasteiger partial charge is 0.507 e. The third kappa shape index (κ3) is 4.56. The standard InChI is InChI=1S/C32H37N3O8/c1-35(2)26-20-13-15-12-19-18(22-11-8-17(43-22)14-34-16-6-4-3-5-7-16)9-10-21(36)24(19)27(37)23(15)29(39)32(20,42)30(40)25(28(26)38)31(33)41/h8-11,15-16,20,23,25-26,34,36,42H,3-7,12-14H2,1-2H3,(H2,33,41)/t15-,20-,23?,25?,26?,32-/m1/s1. The molecule has 3 unspecified atom stereocenters. The average molecular weight is 592 g/mol. The van der Waals surface area contributed by atoms with Crippen LogP contribution in [0.4, 0.5) is 0 Å². The van der Waals surface area contributed by atoms with Gasteiger partial charge in [-0.3, -0.25) is 28.9 Å². The summed E-state index contributed by atoms with van der Waals surface area (Å²) in [5, 5.41) is 26.1. The number of benzene rings is 1. The molecule has 0 saturated heterocycles. The number of phenolic OH excluding ortho intramolecular Hbond substituents is 1. The van der Waals surface area contributed by atoms with Crippen molar-refractivity contribution in [2.45, 2.75) is 69.2 Å². The lowest BCUT2D eigenvalue weighted by Gasteiger charge is -2.52. The maximum atomic E-state index is 14.0. The molecule has 0 spiro atoms. The summed E-state index contributed by atoms with van der Waals surface area (Å²) in [6.07, 6.45) is 6.11. The van der Waals surface area contributed by atoms with Gasteiger partial charge in [0.05, 0.1) is 24.1 Å². The van der Waals surface area contributed by atoms with Gasteiger partial charge in [0.2, 0.25) is 5.91 Å². The molecular formula is C32H37N3O8. The number of furan rings is 1. The van der Waals surface area contributed by atoms with Crippen molar-refractivity contribution in [2.75, 3.05) is 14.1 Å². The molecule has 3 fully saturated rings. The summed E-state index contributed by atoms with van der Waals surface area (Å²) in [6, 6.07) is 6.04. The second kappa shape index (κ2) is 10.8. The molecule has 6 rings (SSSR count). The molecule has 1 aromatic heterocycles. The highest BCUT2D eigenvalue weighted by Gasteiger charge is 2.69. The number of hydrogen-bond donors (Lipinski definition) is 4. The van der Waals surface area contributed by atoms with E-state index in [1.807, 2.05) is 12.1 Å². The van der Waals surface area contributed by atoms with Crippen LogP contribution >= 0.6 is 0 Å². The van der Waals surface area contributed by atoms with E-state index in [4.69, 9.17) is 10.2 Å². The summed E-state index contributed by atoms with van der Waals surface area (Å²) in [7, 11) is 3.12. The van der Waals surface area contributed by atoms with Gasteiger partial charge < -0.3 is 25.7 Å². The molecule has 5 N–H and O–H groups in total. The number of primary amides is 1. The van der Waals surface area contributed by atoms with Gasteiger partial charge in [-0.2, -0.15) is 0 Å². The van der Waals surface area contributed by atoms with Crippen LogP contribution in [0.25, 0.3) is 11.3 Å². The summed E-state index contributed by atoms with van der Waals surface area (Å²) in [6.45, 7) is 0.559. The molecule has 6 atom stereocenters. The van der Waals surface area contributed by atoms with Crippen molar-refractivity contribution in [2.24, 2.45) is 29.4 Å². The molecule has 0 bridgehead atoms. The normalized spacial score (nSPS) is 31.1. The Morgan fingerprint density at radius 1 is 1.07 bits per heavy atom. The van der Waals surface area contributed by atoms with E-state index >= 15 is 0 Å². The van der Waals surface area contributed by atoms with Gasteiger partial charge in [-0.05, 0) is 75.5 Å². The Kier molecular flexibility index (Phi) is 7.38. The van der Waals surface area contributed by atoms with Crippen LogP contribution in [-0.4, -0.2) is 75.9 Å². The quantitative estimate of drug-likeness (QED) is 0.360. The van der Waals surface area contributed by atoms with Crippen LogP contribution in [0, 0.1) is 23.7 Å². The van der Waals surface area contributed by atoms with Gasteiger partial charge in [-0.1, -0.05) is 19.3 Å². The van der Waals surface area contributed by atoms with Gasteiger partial charge in [0.15, 0.2) is 34.7 Å². The minimum atomic E-state index is -2.74. The Morgan fingerprint density at radius 2 is 1.79 bits per heavy atom. The minimum absolute atomic E-state index is 0.00625. The lowest BCUT2D eigenvalue weighted by molar-refractivity contribution is -0.181. The van der Waals surface area contributed by atoms with Crippen LogP contribution in [0.15, 0.2) is 28.7 Å². The predicted octanol–water partition coefficient (Wildman–Crippen LogP) is 1.55. The number of hydrogen-bond acceptors (Lipinski definition) is 10. The second-order valence-electron chi connectivity index (χ2n) is 12.8. The topological polar surface area (TPSA) is 180 Å². The van der Waals surface area contributed by atoms with Crippen LogP contribution < -0.4 is 11.1 Å². The SMILES string of the molecule is CN(C)C1C(=O)C(C(N)=O)C(=O)[C@]2(O)C(=O)C3C(=O)c4c(O)ccc(-c5ccc(CNC6CCCCC6)o5)c4C[C@@H]3C[C@H]12. The molecule has 0 aliphatic heterocycles. The number of carbonyl (C=O) groups is 5. The summed E-state index contributed by atoms with van der Waals surface area (Å²) in [4.78, 5) is 68.2. The Hall–Kier alpha value is -3.67. The van der Waals surface area contributed by atoms with Gasteiger partial charge >= 0.3 is 0 Å². The van der Waals surface area contributed by atoms with E-state index in [-0.39, 0.29) is 24.2 Å². The lowest BCUT2D eigenvalue weighted by Crippen LogP contribution is -2.74. The third-order valence-electron chi connectivity index (χ3n) is 10.0. The number of rotatable bonds is 6. The van der Waals surface area contributed by atoms with Crippen molar-refractivity contribution in [1.29, 1.82) is 0 Å². The minimum Gasteiger partial charge on any atom is -0.507 e. The molecule has 11 heteroatoms. The molecule has 0 radical (unpaired) electrons. The summed E-state index contributed by atoms with van der Waals surface area (Å²) in [5.74, 6) is -9.41. The molecule has 4 aliphatic carbocycles. The zero-order valence-corrected chi connectivity index (χ0v) is 24.3. The number of nitrogens with one attached hydrogen (secondary N) is 1. The first-order valence-electron chi connectivity index (χ1n) is 15.0. The van der Waals surface area contributed by atoms with E-state index in [1.54, 1.807) is 20.2 Å². The van der Waals surface area contributed by atoms with E-state index in [0.29, 0.717) is 29.5 Å². The van der Waals surface area contributed by atoms with Gasteiger partial charge in [-0.25, -0.2) is 0 Å². The molecule has 4 aliphatic rings. The monoisotopic (exact) mass is 591 g/mol. The Labute approximate surface area is 248 Å². The molecule has 43 heavy (non-hydrogen) atoms. The number of ketones is 4. The maximum Gasteiger partial charge on any atom is 0.235 e. The molecule has 11 nitrogen and oxygen atoms in total. The van der Waals surface area contributed by atoms with Gasteiger partial charge in [0.1, 0.15) is 17.3 Å². The summed E-state index contributed by atoms with van der Waals surface area (Å²) >= 11 is 0. The molecule has 1 aromatic carbocycles. The van der Waals surface area contributed by atoms with E-state index in [0.717, 1.165) is 18.6 Å². The fraction of sp³-hybridized carbons (Fsp3) is 0.531. The van der Waals surface area contributed by atoms with Crippen molar-refractivity contribution in [3.05, 3.63) is 41.2 Å². The first-order chi connectivity index (χ1) is 20.4. The number of phenols is 1. The van der Waals surface area contributed by atoms with E-state index < -0.39 is 64.4 Å². The Bertz CT molecular complexity index is 1520. The van der Waals surface area contributed by atoms with Crippen molar-refractivity contribution < 1.29 is 38.6 Å². The molecular weight excluding hydrogens is 554 g/mol. The molecule has 1 heterocycles. The highest BCUT2D eigenvalue weighted by molar-refractivity contribution is 6.32. The van der Waals surface area contributed by atoms with Crippen molar-refractivity contribution >= 4 is 29.0 Å². The number of nitrogens with two attached hydrogens (primary N) is 1. The summed E-state index contributed by atoms with van der Waals surface area (Å²) < 4.78 is 6.17. The Morgan fingerprint density at radius 3 is 2.47 bits per heavy atom. The number of aromatic hydroxyl groups is 1. The van der Waals surface area contributed by atoms with Crippen LogP contribution in [0.2, 0.25) is 0 Å². The first kappa shape index (κ1) is 29.4. The van der Waals surface area contributed by atoms with Crippen LogP contribution in [-0.2, 0) is 32.1 Å². The van der Waals surface area contributed by atoms with E-state index in [1.165, 1.54) is 30.2 Å². The fourth-order valence-corrected chi connectivity index (χ4v) is 8.00. The molecule has 3 saturated carbocycles. The number of aliphatic hydroxyl groups is 1. The molecule has 2 aromatic rings. The first-order valence-corrected chi connectivity index (χ1v) is 15.0. The van der Waals surface area contributed by atoms with Gasteiger partial charge in [0, 0.05) is 17.5 Å². The van der Waals surface area contributed by atoms with E-state index in [9.17, 15) is 34.2 Å². The maximum absolute atomic E-state index is 14.0. The van der Waals surface area contributed by atoms with Crippen LogP contribution in [0.3, 0.4) is 0 Å². The Balaban J connectivity index is 1.35. The molecule has 1 amide bonds. The second-order valence-corrected chi connectivity index (χ2v) is 12.8. The number of Topliss-reactive ketones (excluding diaryl/α,β-unsaturated/α-hetero) is 4. The zero-order valence-electron chi connectivity index (χ0n) is 24.3. The fourth-order valence-electron chi connectivity index (χ4n) is 8.00. The zero-order chi connectivity index (χ0) is 30.8. The number of likely N-dealkylation sites (N-methyl/N-ethyl adjacent to an activating group) is 1. The number of carbonyl (C=O) groups excluding carboxylic acids is 5. The third-order valence-corrected chi connectivity index (χ3v) is 10.0.